The highest BCUT2D eigenvalue weighted by Crippen LogP contribution is 2.34. The summed E-state index contributed by atoms with van der Waals surface area (Å²) < 4.78 is 22.2. The van der Waals surface area contributed by atoms with Crippen LogP contribution >= 0.6 is 24.0 Å². The van der Waals surface area contributed by atoms with Crippen LogP contribution in [-0.2, 0) is 16.0 Å². The van der Waals surface area contributed by atoms with Gasteiger partial charge < -0.3 is 29.6 Å². The molecule has 28 heavy (non-hydrogen) atoms. The second kappa shape index (κ2) is 14.7. The molecule has 0 radical (unpaired) electrons. The summed E-state index contributed by atoms with van der Waals surface area (Å²) in [7, 11) is 5.09. The number of aliphatic imine (C=N–C) groups is 1. The molecular formula is C20H34IN3O4. The highest BCUT2D eigenvalue weighted by Gasteiger charge is 2.20. The summed E-state index contributed by atoms with van der Waals surface area (Å²) in [6.45, 7) is 3.07. The van der Waals surface area contributed by atoms with E-state index in [9.17, 15) is 0 Å². The molecule has 8 heteroatoms. The lowest BCUT2D eigenvalue weighted by Crippen LogP contribution is -2.38. The molecule has 2 N–H and O–H groups in total. The van der Waals surface area contributed by atoms with Crippen molar-refractivity contribution >= 4 is 29.9 Å². The Morgan fingerprint density at radius 1 is 1.11 bits per heavy atom. The molecule has 1 aromatic rings. The first-order valence-corrected chi connectivity index (χ1v) is 9.62. The van der Waals surface area contributed by atoms with Crippen LogP contribution in [-0.4, -0.2) is 59.7 Å². The van der Waals surface area contributed by atoms with Crippen LogP contribution in [0.2, 0.25) is 0 Å². The van der Waals surface area contributed by atoms with E-state index < -0.39 is 0 Å². The smallest absolute Gasteiger partial charge is 0.191 e. The van der Waals surface area contributed by atoms with E-state index in [1.54, 1.807) is 21.3 Å². The molecule has 1 saturated carbocycles. The van der Waals surface area contributed by atoms with Gasteiger partial charge in [0.25, 0.3) is 0 Å². The molecule has 0 amide bonds. The van der Waals surface area contributed by atoms with Crippen LogP contribution < -0.4 is 20.1 Å². The van der Waals surface area contributed by atoms with Gasteiger partial charge in [0.2, 0.25) is 0 Å². The normalized spacial score (nSPS) is 14.5. The standard InChI is InChI=1S/C20H33N3O4.HI/c1-21-20(22-11-12-26-14-13-24-2)23-15-16-7-6-10-18(25-3)19(16)27-17-8-4-5-9-17;/h6-7,10,17H,4-5,8-9,11-15H2,1-3H3,(H2,21,22,23);1H. The number of guanidine groups is 1. The van der Waals surface area contributed by atoms with Crippen molar-refractivity contribution in [3.63, 3.8) is 0 Å². The molecular weight excluding hydrogens is 473 g/mol. The molecule has 0 unspecified atom stereocenters. The molecule has 1 fully saturated rings. The number of halogens is 1. The van der Waals surface area contributed by atoms with Crippen molar-refractivity contribution in [1.29, 1.82) is 0 Å². The van der Waals surface area contributed by atoms with Gasteiger partial charge in [-0.1, -0.05) is 12.1 Å². The lowest BCUT2D eigenvalue weighted by atomic mass is 10.1. The van der Waals surface area contributed by atoms with Crippen LogP contribution in [0.5, 0.6) is 11.5 Å². The van der Waals surface area contributed by atoms with Crippen LogP contribution in [0.3, 0.4) is 0 Å². The molecule has 0 bridgehead atoms. The lowest BCUT2D eigenvalue weighted by Gasteiger charge is -2.20. The molecule has 0 aliphatic heterocycles. The first-order chi connectivity index (χ1) is 13.3. The molecule has 0 heterocycles. The van der Waals surface area contributed by atoms with Crippen LogP contribution in [0, 0.1) is 0 Å². The van der Waals surface area contributed by atoms with Crippen molar-refractivity contribution in [2.45, 2.75) is 38.3 Å². The fourth-order valence-corrected chi connectivity index (χ4v) is 3.05. The molecule has 1 aromatic carbocycles. The minimum Gasteiger partial charge on any atom is -0.493 e. The highest BCUT2D eigenvalue weighted by atomic mass is 127. The lowest BCUT2D eigenvalue weighted by molar-refractivity contribution is 0.0733. The third-order valence-electron chi connectivity index (χ3n) is 4.51. The number of nitrogens with zero attached hydrogens (tertiary/aromatic N) is 1. The summed E-state index contributed by atoms with van der Waals surface area (Å²) in [4.78, 5) is 4.25. The number of ether oxygens (including phenoxy) is 4. The Morgan fingerprint density at radius 2 is 1.89 bits per heavy atom. The van der Waals surface area contributed by atoms with Crippen molar-refractivity contribution < 1.29 is 18.9 Å². The van der Waals surface area contributed by atoms with Gasteiger partial charge in [-0.25, -0.2) is 0 Å². The van der Waals surface area contributed by atoms with Gasteiger partial charge >= 0.3 is 0 Å². The van der Waals surface area contributed by atoms with E-state index in [1.165, 1.54) is 12.8 Å². The maximum Gasteiger partial charge on any atom is 0.191 e. The summed E-state index contributed by atoms with van der Waals surface area (Å²) in [6, 6.07) is 5.98. The first-order valence-electron chi connectivity index (χ1n) is 9.62. The third-order valence-corrected chi connectivity index (χ3v) is 4.51. The molecule has 1 aliphatic carbocycles. The molecule has 0 spiro atoms. The molecule has 0 aromatic heterocycles. The zero-order chi connectivity index (χ0) is 19.3. The SMILES string of the molecule is CN=C(NCCOCCOC)NCc1cccc(OC)c1OC1CCCC1.I. The Kier molecular flexibility index (Phi) is 13.0. The van der Waals surface area contributed by atoms with Crippen molar-refractivity contribution in [2.24, 2.45) is 4.99 Å². The van der Waals surface area contributed by atoms with E-state index in [2.05, 4.69) is 21.7 Å². The molecule has 7 nitrogen and oxygen atoms in total. The number of para-hydroxylation sites is 1. The number of hydrogen-bond acceptors (Lipinski definition) is 5. The molecule has 0 atom stereocenters. The monoisotopic (exact) mass is 507 g/mol. The van der Waals surface area contributed by atoms with Gasteiger partial charge in [0, 0.05) is 32.8 Å². The second-order valence-corrected chi connectivity index (χ2v) is 6.43. The largest absolute Gasteiger partial charge is 0.493 e. The average Bonchev–Trinajstić information content (AvgIpc) is 3.21. The van der Waals surface area contributed by atoms with E-state index in [0.29, 0.717) is 32.9 Å². The van der Waals surface area contributed by atoms with Crippen LogP contribution in [0.4, 0.5) is 0 Å². The fraction of sp³-hybridized carbons (Fsp3) is 0.650. The first kappa shape index (κ1) is 24.8. The second-order valence-electron chi connectivity index (χ2n) is 6.43. The highest BCUT2D eigenvalue weighted by molar-refractivity contribution is 14.0. The van der Waals surface area contributed by atoms with Crippen LogP contribution in [0.25, 0.3) is 0 Å². The minimum atomic E-state index is 0. The van der Waals surface area contributed by atoms with E-state index in [-0.39, 0.29) is 30.1 Å². The van der Waals surface area contributed by atoms with Gasteiger partial charge in [-0.05, 0) is 31.7 Å². The zero-order valence-corrected chi connectivity index (χ0v) is 19.5. The van der Waals surface area contributed by atoms with Crippen LogP contribution in [0.1, 0.15) is 31.2 Å². The fourth-order valence-electron chi connectivity index (χ4n) is 3.05. The molecule has 160 valence electrons. The molecule has 1 aliphatic rings. The summed E-state index contributed by atoms with van der Waals surface area (Å²) in [6.07, 6.45) is 4.96. The Morgan fingerprint density at radius 3 is 2.57 bits per heavy atom. The maximum absolute atomic E-state index is 6.27. The predicted molar refractivity (Wildman–Crippen MR) is 122 cm³/mol. The number of nitrogens with one attached hydrogen (secondary N) is 2. The zero-order valence-electron chi connectivity index (χ0n) is 17.2. The van der Waals surface area contributed by atoms with E-state index in [0.717, 1.165) is 35.9 Å². The van der Waals surface area contributed by atoms with Gasteiger partial charge in [-0.15, -0.1) is 24.0 Å². The molecule has 2 rings (SSSR count). The maximum atomic E-state index is 6.27. The Labute approximate surface area is 185 Å². The average molecular weight is 507 g/mol. The molecule has 0 saturated heterocycles. The summed E-state index contributed by atoms with van der Waals surface area (Å²) in [5.41, 5.74) is 1.06. The number of benzene rings is 1. The van der Waals surface area contributed by atoms with Crippen LogP contribution in [0.15, 0.2) is 23.2 Å². The summed E-state index contributed by atoms with van der Waals surface area (Å²) >= 11 is 0. The van der Waals surface area contributed by atoms with Gasteiger partial charge in [-0.3, -0.25) is 4.99 Å². The Bertz CT molecular complexity index is 581. The third kappa shape index (κ3) is 8.40. The topological polar surface area (TPSA) is 73.3 Å². The minimum absolute atomic E-state index is 0. The number of rotatable bonds is 11. The number of methoxy groups -OCH3 is 2. The quantitative estimate of drug-likeness (QED) is 0.208. The van der Waals surface area contributed by atoms with Gasteiger partial charge in [0.15, 0.2) is 17.5 Å². The summed E-state index contributed by atoms with van der Waals surface area (Å²) in [5.74, 6) is 2.33. The Hall–Kier alpha value is -1.26. The predicted octanol–water partition coefficient (Wildman–Crippen LogP) is 2.96. The van der Waals surface area contributed by atoms with E-state index >= 15 is 0 Å². The van der Waals surface area contributed by atoms with Crippen molar-refractivity contribution in [1.82, 2.24) is 10.6 Å². The Balaban J connectivity index is 0.00000392. The van der Waals surface area contributed by atoms with E-state index in [4.69, 9.17) is 18.9 Å². The number of hydrogen-bond donors (Lipinski definition) is 2. The van der Waals surface area contributed by atoms with Gasteiger partial charge in [0.05, 0.1) is 33.0 Å². The van der Waals surface area contributed by atoms with Crippen molar-refractivity contribution in [3.05, 3.63) is 23.8 Å². The van der Waals surface area contributed by atoms with Gasteiger partial charge in [0.1, 0.15) is 0 Å². The van der Waals surface area contributed by atoms with Crippen molar-refractivity contribution in [2.75, 3.05) is 47.6 Å². The van der Waals surface area contributed by atoms with E-state index in [1.807, 2.05) is 12.1 Å². The summed E-state index contributed by atoms with van der Waals surface area (Å²) in [5, 5.41) is 6.57. The van der Waals surface area contributed by atoms with Gasteiger partial charge in [-0.2, -0.15) is 0 Å². The van der Waals surface area contributed by atoms with Crippen molar-refractivity contribution in [3.8, 4) is 11.5 Å².